The van der Waals surface area contributed by atoms with Crippen LogP contribution in [0.2, 0.25) is 0 Å². The molecule has 1 aliphatic heterocycles. The van der Waals surface area contributed by atoms with Crippen molar-refractivity contribution < 1.29 is 27.1 Å². The summed E-state index contributed by atoms with van der Waals surface area (Å²) in [5.41, 5.74) is 0.997. The van der Waals surface area contributed by atoms with Crippen molar-refractivity contribution in [1.29, 1.82) is 0 Å². The second-order valence-electron chi connectivity index (χ2n) is 6.73. The van der Waals surface area contributed by atoms with Crippen LogP contribution in [0.4, 0.5) is 4.39 Å². The predicted molar refractivity (Wildman–Crippen MR) is 106 cm³/mol. The van der Waals surface area contributed by atoms with Gasteiger partial charge in [0.25, 0.3) is 0 Å². The Morgan fingerprint density at radius 2 is 1.86 bits per heavy atom. The first kappa shape index (κ1) is 21.1. The highest BCUT2D eigenvalue weighted by molar-refractivity contribution is 7.88. The average molecular weight is 422 g/mol. The van der Waals surface area contributed by atoms with E-state index in [9.17, 15) is 17.6 Å². The molecule has 0 aliphatic carbocycles. The molecule has 1 amide bonds. The Morgan fingerprint density at radius 1 is 1.14 bits per heavy atom. The average Bonchev–Trinajstić information content (AvgIpc) is 2.91. The molecule has 156 valence electrons. The van der Waals surface area contributed by atoms with Gasteiger partial charge < -0.3 is 14.8 Å². The summed E-state index contributed by atoms with van der Waals surface area (Å²) < 4.78 is 50.1. The summed E-state index contributed by atoms with van der Waals surface area (Å²) in [7, 11) is -3.70. The van der Waals surface area contributed by atoms with Gasteiger partial charge >= 0.3 is 0 Å². The molecule has 0 unspecified atom stereocenters. The van der Waals surface area contributed by atoms with Crippen LogP contribution in [0.1, 0.15) is 17.5 Å². The van der Waals surface area contributed by atoms with Crippen LogP contribution in [-0.4, -0.2) is 44.6 Å². The van der Waals surface area contributed by atoms with Gasteiger partial charge in [0.1, 0.15) is 5.82 Å². The van der Waals surface area contributed by atoms with Gasteiger partial charge in [-0.3, -0.25) is 4.79 Å². The molecule has 2 aromatic rings. The van der Waals surface area contributed by atoms with Gasteiger partial charge in [-0.05, 0) is 23.8 Å². The first-order valence-electron chi connectivity index (χ1n) is 9.16. The van der Waals surface area contributed by atoms with E-state index in [1.54, 1.807) is 18.2 Å². The number of halogens is 1. The molecule has 29 heavy (non-hydrogen) atoms. The maximum absolute atomic E-state index is 13.9. The minimum absolute atomic E-state index is 0.201. The van der Waals surface area contributed by atoms with Gasteiger partial charge in [0, 0.05) is 25.1 Å². The number of hydrogen-bond donors (Lipinski definition) is 1. The van der Waals surface area contributed by atoms with Crippen LogP contribution < -0.4 is 14.8 Å². The molecule has 1 aliphatic rings. The number of ether oxygens (including phenoxy) is 2. The van der Waals surface area contributed by atoms with Crippen LogP contribution in [0.5, 0.6) is 11.5 Å². The van der Waals surface area contributed by atoms with Gasteiger partial charge in [-0.1, -0.05) is 24.3 Å². The lowest BCUT2D eigenvalue weighted by molar-refractivity contribution is -0.121. The van der Waals surface area contributed by atoms with E-state index in [1.807, 2.05) is 6.07 Å². The number of carbonyl (C=O) groups excluding carboxylic acids is 1. The highest BCUT2D eigenvalue weighted by Gasteiger charge is 2.22. The van der Waals surface area contributed by atoms with E-state index in [2.05, 4.69) is 5.32 Å². The Morgan fingerprint density at radius 3 is 2.59 bits per heavy atom. The quantitative estimate of drug-likeness (QED) is 0.738. The highest BCUT2D eigenvalue weighted by atomic mass is 32.2. The smallest absolute Gasteiger partial charge is 0.235 e. The molecule has 0 aromatic heterocycles. The molecular formula is C20H23FN2O5S. The van der Waals surface area contributed by atoms with Crippen LogP contribution in [0.25, 0.3) is 0 Å². The van der Waals surface area contributed by atoms with Gasteiger partial charge in [0.2, 0.25) is 15.9 Å². The topological polar surface area (TPSA) is 84.9 Å². The van der Waals surface area contributed by atoms with Crippen LogP contribution >= 0.6 is 0 Å². The van der Waals surface area contributed by atoms with Gasteiger partial charge in [-0.2, -0.15) is 4.31 Å². The maximum atomic E-state index is 13.9. The van der Waals surface area contributed by atoms with Gasteiger partial charge in [-0.15, -0.1) is 0 Å². The molecule has 2 aromatic carbocycles. The van der Waals surface area contributed by atoms with Crippen molar-refractivity contribution >= 4 is 15.9 Å². The summed E-state index contributed by atoms with van der Waals surface area (Å²) in [6, 6.07) is 11.2. The van der Waals surface area contributed by atoms with Crippen LogP contribution in [0.3, 0.4) is 0 Å². The second kappa shape index (κ2) is 9.23. The summed E-state index contributed by atoms with van der Waals surface area (Å²) in [5.74, 6) is 0.268. The minimum Gasteiger partial charge on any atom is -0.490 e. The molecule has 1 heterocycles. The van der Waals surface area contributed by atoms with Gasteiger partial charge in [-0.25, -0.2) is 12.8 Å². The molecule has 9 heteroatoms. The van der Waals surface area contributed by atoms with Gasteiger partial charge in [0.15, 0.2) is 11.5 Å². The summed E-state index contributed by atoms with van der Waals surface area (Å²) in [4.78, 5) is 12.3. The van der Waals surface area contributed by atoms with E-state index in [-0.39, 0.29) is 18.7 Å². The van der Waals surface area contributed by atoms with Crippen LogP contribution in [-0.2, 0) is 27.9 Å². The van der Waals surface area contributed by atoms with Crippen molar-refractivity contribution in [1.82, 2.24) is 9.62 Å². The van der Waals surface area contributed by atoms with Gasteiger partial charge in [0.05, 0.1) is 26.0 Å². The third-order valence-electron chi connectivity index (χ3n) is 4.40. The molecule has 0 saturated carbocycles. The van der Waals surface area contributed by atoms with E-state index in [1.165, 1.54) is 18.2 Å². The van der Waals surface area contributed by atoms with E-state index >= 15 is 0 Å². The van der Waals surface area contributed by atoms with E-state index in [0.29, 0.717) is 24.7 Å². The molecule has 0 atom stereocenters. The fraction of sp³-hybridized carbons (Fsp3) is 0.350. The maximum Gasteiger partial charge on any atom is 0.235 e. The molecule has 7 nitrogen and oxygen atoms in total. The number of carbonyl (C=O) groups is 1. The summed E-state index contributed by atoms with van der Waals surface area (Å²) in [5, 5.41) is 2.69. The number of rotatable bonds is 7. The van der Waals surface area contributed by atoms with E-state index in [4.69, 9.17) is 9.47 Å². The molecule has 1 N–H and O–H groups in total. The zero-order chi connectivity index (χ0) is 20.9. The fourth-order valence-electron chi connectivity index (χ4n) is 2.84. The number of nitrogens with zero attached hydrogens (tertiary/aromatic N) is 1. The first-order chi connectivity index (χ1) is 13.8. The number of sulfonamides is 1. The second-order valence-corrected chi connectivity index (χ2v) is 8.71. The number of benzene rings is 2. The fourth-order valence-corrected chi connectivity index (χ4v) is 3.57. The third-order valence-corrected chi connectivity index (χ3v) is 5.59. The number of hydrogen-bond acceptors (Lipinski definition) is 5. The standard InChI is InChI=1S/C20H23FN2O5S/c1-29(25,26)23(13-16-5-2-3-6-17(16)21)14-20(24)22-12-15-7-8-18-19(11-15)28-10-4-9-27-18/h2-3,5-8,11H,4,9-10,12-14H2,1H3,(H,22,24). The summed E-state index contributed by atoms with van der Waals surface area (Å²) in [6.45, 7) is 0.724. The van der Waals surface area contributed by atoms with Crippen molar-refractivity contribution in [2.24, 2.45) is 0 Å². The van der Waals surface area contributed by atoms with Crippen LogP contribution in [0, 0.1) is 5.82 Å². The zero-order valence-electron chi connectivity index (χ0n) is 16.1. The molecule has 0 radical (unpaired) electrons. The Labute approximate surface area is 169 Å². The number of fused-ring (bicyclic) bond motifs is 1. The Bertz CT molecular complexity index is 981. The molecule has 0 spiro atoms. The Hall–Kier alpha value is -2.65. The molecular weight excluding hydrogens is 399 g/mol. The number of amides is 1. The monoisotopic (exact) mass is 422 g/mol. The van der Waals surface area contributed by atoms with Crippen molar-refractivity contribution in [3.63, 3.8) is 0 Å². The van der Waals surface area contributed by atoms with Crippen molar-refractivity contribution in [3.8, 4) is 11.5 Å². The SMILES string of the molecule is CS(=O)(=O)N(CC(=O)NCc1ccc2c(c1)OCCCO2)Cc1ccccc1F. The number of nitrogens with one attached hydrogen (secondary N) is 1. The lowest BCUT2D eigenvalue weighted by Gasteiger charge is -2.20. The summed E-state index contributed by atoms with van der Waals surface area (Å²) in [6.07, 6.45) is 1.79. The molecule has 3 rings (SSSR count). The lowest BCUT2D eigenvalue weighted by Crippen LogP contribution is -2.39. The Kier molecular flexibility index (Phi) is 6.71. The van der Waals surface area contributed by atoms with E-state index < -0.39 is 28.3 Å². The normalized spacial score (nSPS) is 13.8. The zero-order valence-corrected chi connectivity index (χ0v) is 16.9. The third kappa shape index (κ3) is 5.91. The molecule has 0 fully saturated rings. The Balaban J connectivity index is 1.62. The summed E-state index contributed by atoms with van der Waals surface area (Å²) >= 11 is 0. The lowest BCUT2D eigenvalue weighted by atomic mass is 10.2. The van der Waals surface area contributed by atoms with Crippen molar-refractivity contribution in [2.45, 2.75) is 19.5 Å². The van der Waals surface area contributed by atoms with Crippen molar-refractivity contribution in [3.05, 3.63) is 59.4 Å². The largest absolute Gasteiger partial charge is 0.490 e. The first-order valence-corrected chi connectivity index (χ1v) is 11.0. The molecule has 0 saturated heterocycles. The molecule has 0 bridgehead atoms. The predicted octanol–water partition coefficient (Wildman–Crippen LogP) is 2.06. The van der Waals surface area contributed by atoms with Crippen LogP contribution in [0.15, 0.2) is 42.5 Å². The minimum atomic E-state index is -3.70. The van der Waals surface area contributed by atoms with E-state index in [0.717, 1.165) is 22.5 Å². The highest BCUT2D eigenvalue weighted by Crippen LogP contribution is 2.30. The van der Waals surface area contributed by atoms with Crippen molar-refractivity contribution in [2.75, 3.05) is 26.0 Å².